The predicted octanol–water partition coefficient (Wildman–Crippen LogP) is 3.08. The summed E-state index contributed by atoms with van der Waals surface area (Å²) in [6.45, 7) is 0.414. The highest BCUT2D eigenvalue weighted by Crippen LogP contribution is 2.34. The number of aromatic nitrogens is 2. The smallest absolute Gasteiger partial charge is 0.293 e. The Hall–Kier alpha value is -1.99. The van der Waals surface area contributed by atoms with Gasteiger partial charge in [0.1, 0.15) is 4.62 Å². The maximum absolute atomic E-state index is 11.0. The second kappa shape index (κ2) is 7.06. The van der Waals surface area contributed by atoms with Gasteiger partial charge in [-0.05, 0) is 40.2 Å². The predicted molar refractivity (Wildman–Crippen MR) is 90.3 cm³/mol. The third-order valence-corrected chi connectivity index (χ3v) is 4.24. The number of ether oxygens (including phenoxy) is 1. The number of hydrogen-bond acceptors (Lipinski definition) is 6. The van der Waals surface area contributed by atoms with Crippen molar-refractivity contribution in [2.45, 2.75) is 18.6 Å². The maximum atomic E-state index is 11.0. The molecule has 3 rings (SSSR count). The first kappa shape index (κ1) is 15.9. The van der Waals surface area contributed by atoms with Gasteiger partial charge < -0.3 is 10.2 Å². The molecule has 0 aromatic carbocycles. The van der Waals surface area contributed by atoms with Crippen LogP contribution in [-0.2, 0) is 9.53 Å². The first-order valence-electron chi connectivity index (χ1n) is 6.83. The second-order valence-electron chi connectivity index (χ2n) is 4.85. The van der Waals surface area contributed by atoms with Crippen molar-refractivity contribution >= 4 is 38.6 Å². The summed E-state index contributed by atoms with van der Waals surface area (Å²) in [7, 11) is 0. The van der Waals surface area contributed by atoms with E-state index < -0.39 is 6.10 Å². The van der Waals surface area contributed by atoms with Crippen molar-refractivity contribution in [2.75, 3.05) is 0 Å². The molecule has 0 saturated heterocycles. The quantitative estimate of drug-likeness (QED) is 0.787. The van der Waals surface area contributed by atoms with E-state index in [0.717, 1.165) is 10.2 Å². The zero-order chi connectivity index (χ0) is 16.2. The molecule has 0 radical (unpaired) electrons. The molecule has 0 bridgehead atoms. The molecule has 8 heteroatoms. The highest BCUT2D eigenvalue weighted by Gasteiger charge is 2.32. The van der Waals surface area contributed by atoms with Crippen LogP contribution in [0.3, 0.4) is 0 Å². The van der Waals surface area contributed by atoms with Crippen molar-refractivity contribution in [1.29, 1.82) is 0 Å². The molecule has 0 spiro atoms. The Morgan fingerprint density at radius 2 is 2.13 bits per heavy atom. The van der Waals surface area contributed by atoms with Gasteiger partial charge in [-0.2, -0.15) is 5.10 Å². The van der Waals surface area contributed by atoms with Crippen molar-refractivity contribution in [3.63, 3.8) is 0 Å². The average molecular weight is 396 g/mol. The Bertz CT molecular complexity index is 756. The molecule has 0 amide bonds. The van der Waals surface area contributed by atoms with Crippen LogP contribution >= 0.6 is 27.5 Å². The monoisotopic (exact) mass is 394 g/mol. The van der Waals surface area contributed by atoms with E-state index in [0.29, 0.717) is 29.3 Å². The number of hydrazone groups is 1. The normalized spacial score (nSPS) is 18.0. The molecular weight excluding hydrogens is 384 g/mol. The van der Waals surface area contributed by atoms with Crippen molar-refractivity contribution in [1.82, 2.24) is 15.4 Å². The Labute approximate surface area is 146 Å². The second-order valence-corrected chi connectivity index (χ2v) is 6.17. The molecule has 23 heavy (non-hydrogen) atoms. The van der Waals surface area contributed by atoms with Gasteiger partial charge in [0.05, 0.1) is 22.5 Å². The van der Waals surface area contributed by atoms with Gasteiger partial charge >= 0.3 is 0 Å². The lowest BCUT2D eigenvalue weighted by Crippen LogP contribution is -2.30. The minimum absolute atomic E-state index is 0.217. The lowest BCUT2D eigenvalue weighted by atomic mass is 9.99. The Morgan fingerprint density at radius 1 is 1.35 bits per heavy atom. The van der Waals surface area contributed by atoms with E-state index in [2.05, 4.69) is 36.4 Å². The van der Waals surface area contributed by atoms with Crippen LogP contribution in [0.4, 0.5) is 0 Å². The van der Waals surface area contributed by atoms with Gasteiger partial charge in [0.15, 0.2) is 6.10 Å². The number of rotatable bonds is 5. The van der Waals surface area contributed by atoms with E-state index in [1.54, 1.807) is 30.6 Å². The van der Waals surface area contributed by atoms with E-state index in [1.165, 1.54) is 0 Å². The largest absolute Gasteiger partial charge is 0.456 e. The molecule has 0 saturated carbocycles. The van der Waals surface area contributed by atoms with Crippen LogP contribution in [0.1, 0.15) is 18.2 Å². The van der Waals surface area contributed by atoms with E-state index >= 15 is 0 Å². The summed E-state index contributed by atoms with van der Waals surface area (Å²) in [6.07, 6.45) is 3.27. The number of pyridine rings is 2. The third-order valence-electron chi connectivity index (χ3n) is 3.43. The fraction of sp³-hybridized carbons (Fsp3) is 0.200. The summed E-state index contributed by atoms with van der Waals surface area (Å²) >= 11 is 9.58. The molecule has 118 valence electrons. The Morgan fingerprint density at radius 3 is 2.83 bits per heavy atom. The van der Waals surface area contributed by atoms with Crippen LogP contribution in [0, 0.1) is 0 Å². The molecule has 0 fully saturated rings. The fourth-order valence-electron chi connectivity index (χ4n) is 2.44. The molecule has 6 nitrogen and oxygen atoms in total. The first-order chi connectivity index (χ1) is 11.2. The molecule has 1 aliphatic rings. The zero-order valence-electron chi connectivity index (χ0n) is 11.8. The summed E-state index contributed by atoms with van der Waals surface area (Å²) in [6, 6.07) is 6.93. The Balaban J connectivity index is 2.04. The van der Waals surface area contributed by atoms with Crippen molar-refractivity contribution < 1.29 is 9.53 Å². The highest BCUT2D eigenvalue weighted by atomic mass is 79.9. The van der Waals surface area contributed by atoms with Crippen LogP contribution in [0.5, 0.6) is 0 Å². The van der Waals surface area contributed by atoms with Crippen molar-refractivity contribution in [2.24, 2.45) is 5.10 Å². The van der Waals surface area contributed by atoms with Gasteiger partial charge in [-0.1, -0.05) is 11.6 Å². The molecule has 1 aliphatic heterocycles. The van der Waals surface area contributed by atoms with Gasteiger partial charge in [0, 0.05) is 24.4 Å². The van der Waals surface area contributed by atoms with Crippen molar-refractivity contribution in [3.05, 3.63) is 47.4 Å². The van der Waals surface area contributed by atoms with Gasteiger partial charge in [-0.25, -0.2) is 0 Å². The number of nitrogens with one attached hydrogen (secondary N) is 1. The SMILES string of the molecule is O=COC(c1ncccc1-c1ncccc1Cl)C1CC(Br)=NN1. The molecular formula is C15H12BrClN4O2. The molecule has 2 unspecified atom stereocenters. The highest BCUT2D eigenvalue weighted by molar-refractivity contribution is 9.18. The topological polar surface area (TPSA) is 76.5 Å². The summed E-state index contributed by atoms with van der Waals surface area (Å²) in [5, 5.41) is 4.59. The minimum atomic E-state index is -0.611. The van der Waals surface area contributed by atoms with Gasteiger partial charge in [-0.3, -0.25) is 14.8 Å². The number of halogens is 2. The number of carbonyl (C=O) groups is 1. The summed E-state index contributed by atoms with van der Waals surface area (Å²) in [5.41, 5.74) is 4.84. The first-order valence-corrected chi connectivity index (χ1v) is 8.00. The number of hydrogen-bond donors (Lipinski definition) is 1. The van der Waals surface area contributed by atoms with E-state index in [1.807, 2.05) is 6.07 Å². The summed E-state index contributed by atoms with van der Waals surface area (Å²) in [4.78, 5) is 19.7. The van der Waals surface area contributed by atoms with Crippen LogP contribution in [0.25, 0.3) is 11.3 Å². The molecule has 2 aromatic rings. The van der Waals surface area contributed by atoms with Crippen LogP contribution in [0.2, 0.25) is 5.02 Å². The molecule has 2 aromatic heterocycles. The van der Waals surface area contributed by atoms with E-state index in [-0.39, 0.29) is 6.04 Å². The molecule has 0 aliphatic carbocycles. The zero-order valence-corrected chi connectivity index (χ0v) is 14.2. The third kappa shape index (κ3) is 3.35. The molecule has 1 N–H and O–H groups in total. The maximum Gasteiger partial charge on any atom is 0.293 e. The Kier molecular flexibility index (Phi) is 4.88. The molecule has 3 heterocycles. The summed E-state index contributed by atoms with van der Waals surface area (Å²) in [5.74, 6) is 0. The molecule has 2 atom stereocenters. The number of nitrogens with zero attached hydrogens (tertiary/aromatic N) is 3. The lowest BCUT2D eigenvalue weighted by molar-refractivity contribution is -0.135. The lowest BCUT2D eigenvalue weighted by Gasteiger charge is -2.23. The standard InChI is InChI=1S/C15H12BrClN4O2/c16-12-7-11(20-21-12)15(23-8-22)14-9(3-1-5-19-14)13-10(17)4-2-6-18-13/h1-6,8,11,15,20H,7H2. The van der Waals surface area contributed by atoms with Crippen molar-refractivity contribution in [3.8, 4) is 11.3 Å². The van der Waals surface area contributed by atoms with Gasteiger partial charge in [0.2, 0.25) is 0 Å². The number of carbonyl (C=O) groups excluding carboxylic acids is 1. The van der Waals surface area contributed by atoms with E-state index in [4.69, 9.17) is 16.3 Å². The van der Waals surface area contributed by atoms with E-state index in [9.17, 15) is 4.79 Å². The van der Waals surface area contributed by atoms with Crippen LogP contribution in [-0.4, -0.2) is 27.1 Å². The summed E-state index contributed by atoms with van der Waals surface area (Å²) < 4.78 is 6.05. The minimum Gasteiger partial charge on any atom is -0.456 e. The van der Waals surface area contributed by atoms with Crippen LogP contribution in [0.15, 0.2) is 41.8 Å². The van der Waals surface area contributed by atoms with Crippen LogP contribution < -0.4 is 5.43 Å². The fourth-order valence-corrected chi connectivity index (χ4v) is 3.11. The van der Waals surface area contributed by atoms with Gasteiger partial charge in [0.25, 0.3) is 6.47 Å². The average Bonchev–Trinajstić information content (AvgIpc) is 2.99. The van der Waals surface area contributed by atoms with Gasteiger partial charge in [-0.15, -0.1) is 0 Å².